The molecule has 0 radical (unpaired) electrons. The minimum atomic E-state index is -3.28. The van der Waals surface area contributed by atoms with Crippen molar-refractivity contribution in [2.45, 2.75) is 61.4 Å². The molecule has 2 heterocycles. The SMILES string of the molecule is O=[P+](O[C@@H]1O[C@H](CO)[C@H](OF)[C@H](O)[C@H]1O)O[C@@H]1O[C@H](CO)[C@H](OF)[C@H](O)[C@H]1O. The standard InChI is InChI=1S/C12H20F2O13P/c13-24-9-3(1-15)22-11(7(19)5(9)17)26-28(21)27-12-8(20)6(18)10(25-14)4(2-16)23-12/h3-12,15-20H,1-2H2/q+1/t3-,4-,5-,6-,7-,8-,9+,10+,11+,12+/m1/s1. The average molecular weight is 441 g/mol. The molecule has 0 aromatic heterocycles. The third kappa shape index (κ3) is 4.96. The van der Waals surface area contributed by atoms with Crippen LogP contribution in [0.5, 0.6) is 0 Å². The van der Waals surface area contributed by atoms with Crippen molar-refractivity contribution in [2.24, 2.45) is 0 Å². The highest BCUT2D eigenvalue weighted by Crippen LogP contribution is 2.37. The molecule has 0 spiro atoms. The molecule has 2 aliphatic heterocycles. The summed E-state index contributed by atoms with van der Waals surface area (Å²) in [6.07, 6.45) is -18.0. The van der Waals surface area contributed by atoms with Crippen molar-refractivity contribution in [3.8, 4) is 0 Å². The zero-order chi connectivity index (χ0) is 21.0. The third-order valence-corrected chi connectivity index (χ3v) is 4.99. The summed E-state index contributed by atoms with van der Waals surface area (Å²) in [5, 5.41) is 57.4. The van der Waals surface area contributed by atoms with E-state index >= 15 is 0 Å². The van der Waals surface area contributed by atoms with Crippen molar-refractivity contribution in [2.75, 3.05) is 13.2 Å². The second kappa shape index (κ2) is 10.5. The summed E-state index contributed by atoms with van der Waals surface area (Å²) in [6.45, 7) is -1.70. The Balaban J connectivity index is 1.99. The van der Waals surface area contributed by atoms with Crippen LogP contribution in [0.3, 0.4) is 0 Å². The molecule has 0 aromatic rings. The molecule has 164 valence electrons. The van der Waals surface area contributed by atoms with Gasteiger partial charge in [0.1, 0.15) is 36.6 Å². The van der Waals surface area contributed by atoms with Gasteiger partial charge in [-0.25, -0.2) is 0 Å². The minimum Gasteiger partial charge on any atom is -0.394 e. The number of aliphatic hydroxyl groups excluding tert-OH is 6. The van der Waals surface area contributed by atoms with E-state index in [0.717, 1.165) is 0 Å². The normalized spacial score (nSPS) is 44.4. The molecular formula is C12H20F2O13P+. The van der Waals surface area contributed by atoms with Gasteiger partial charge in [-0.1, -0.05) is 9.05 Å². The third-order valence-electron chi connectivity index (χ3n) is 4.23. The van der Waals surface area contributed by atoms with Gasteiger partial charge in [0.15, 0.2) is 12.2 Å². The molecule has 0 bridgehead atoms. The van der Waals surface area contributed by atoms with Crippen molar-refractivity contribution in [1.82, 2.24) is 0 Å². The lowest BCUT2D eigenvalue weighted by Gasteiger charge is -2.38. The molecule has 2 fully saturated rings. The quantitative estimate of drug-likeness (QED) is 0.210. The number of halogens is 2. The van der Waals surface area contributed by atoms with Gasteiger partial charge in [0, 0.05) is 4.57 Å². The summed E-state index contributed by atoms with van der Waals surface area (Å²) < 4.78 is 56.2. The van der Waals surface area contributed by atoms with E-state index in [1.807, 2.05) is 0 Å². The summed E-state index contributed by atoms with van der Waals surface area (Å²) in [7, 11) is -3.28. The fourth-order valence-electron chi connectivity index (χ4n) is 2.69. The van der Waals surface area contributed by atoms with Gasteiger partial charge in [-0.15, -0.1) is 0 Å². The van der Waals surface area contributed by atoms with Crippen LogP contribution in [-0.2, 0) is 33.0 Å². The second-order valence-corrected chi connectivity index (χ2v) is 6.82. The Morgan fingerprint density at radius 3 is 1.39 bits per heavy atom. The second-order valence-electron chi connectivity index (χ2n) is 5.96. The van der Waals surface area contributed by atoms with Gasteiger partial charge in [0.2, 0.25) is 12.6 Å². The fourth-order valence-corrected chi connectivity index (χ4v) is 3.43. The van der Waals surface area contributed by atoms with Gasteiger partial charge in [-0.05, 0) is 9.05 Å². The fraction of sp³-hybridized carbons (Fsp3) is 1.00. The van der Waals surface area contributed by atoms with E-state index in [4.69, 9.17) is 28.7 Å². The average Bonchev–Trinajstić information content (AvgIpc) is 2.68. The first-order valence-corrected chi connectivity index (χ1v) is 8.99. The Kier molecular flexibility index (Phi) is 8.90. The zero-order valence-electron chi connectivity index (χ0n) is 13.9. The molecule has 0 unspecified atom stereocenters. The number of rotatable bonds is 8. The first-order valence-electron chi connectivity index (χ1n) is 7.89. The van der Waals surface area contributed by atoms with Crippen LogP contribution in [0.4, 0.5) is 9.05 Å². The van der Waals surface area contributed by atoms with Crippen LogP contribution in [0.1, 0.15) is 0 Å². The first kappa shape index (κ1) is 23.8. The molecule has 0 aromatic carbocycles. The van der Waals surface area contributed by atoms with Crippen LogP contribution in [0, 0.1) is 0 Å². The predicted molar refractivity (Wildman–Crippen MR) is 77.3 cm³/mol. The Hall–Kier alpha value is -0.520. The Labute approximate surface area is 156 Å². The molecule has 28 heavy (non-hydrogen) atoms. The molecule has 2 rings (SSSR count). The molecule has 0 saturated carbocycles. The van der Waals surface area contributed by atoms with Gasteiger partial charge >= 0.3 is 8.25 Å². The number of hydrogen-bond acceptors (Lipinski definition) is 13. The van der Waals surface area contributed by atoms with Gasteiger partial charge in [-0.2, -0.15) is 9.88 Å². The summed E-state index contributed by atoms with van der Waals surface area (Å²) in [6, 6.07) is 0. The molecule has 0 aliphatic carbocycles. The van der Waals surface area contributed by atoms with Gasteiger partial charge in [0.25, 0.3) is 0 Å². The van der Waals surface area contributed by atoms with Gasteiger partial charge < -0.3 is 40.1 Å². The maximum Gasteiger partial charge on any atom is 0.703 e. The molecule has 16 heteroatoms. The molecule has 10 atom stereocenters. The van der Waals surface area contributed by atoms with E-state index in [9.17, 15) is 34.0 Å². The van der Waals surface area contributed by atoms with E-state index in [1.165, 1.54) is 0 Å². The summed E-state index contributed by atoms with van der Waals surface area (Å²) >= 11 is 0. The summed E-state index contributed by atoms with van der Waals surface area (Å²) in [5.41, 5.74) is 0. The van der Waals surface area contributed by atoms with Crippen LogP contribution in [-0.4, -0.2) is 105 Å². The molecule has 2 aliphatic rings. The molecule has 0 amide bonds. The van der Waals surface area contributed by atoms with Gasteiger partial charge in [0.05, 0.1) is 13.2 Å². The summed E-state index contributed by atoms with van der Waals surface area (Å²) in [5.74, 6) is 0. The van der Waals surface area contributed by atoms with Crippen LogP contribution < -0.4 is 0 Å². The van der Waals surface area contributed by atoms with Crippen molar-refractivity contribution >= 4 is 8.25 Å². The van der Waals surface area contributed by atoms with Crippen molar-refractivity contribution in [3.63, 3.8) is 0 Å². The Morgan fingerprint density at radius 1 is 0.750 bits per heavy atom. The maximum absolute atomic E-state index is 12.4. The largest absolute Gasteiger partial charge is 0.703 e. The number of ether oxygens (including phenoxy) is 2. The smallest absolute Gasteiger partial charge is 0.394 e. The highest BCUT2D eigenvalue weighted by Gasteiger charge is 2.53. The van der Waals surface area contributed by atoms with Gasteiger partial charge in [-0.3, -0.25) is 0 Å². The molecular weight excluding hydrogens is 421 g/mol. The molecule has 13 nitrogen and oxygen atoms in total. The highest BCUT2D eigenvalue weighted by atomic mass is 31.1. The van der Waals surface area contributed by atoms with E-state index in [0.29, 0.717) is 0 Å². The molecule has 2 saturated heterocycles. The topological polar surface area (TPSA) is 194 Å². The van der Waals surface area contributed by atoms with Crippen LogP contribution in [0.15, 0.2) is 0 Å². The van der Waals surface area contributed by atoms with Crippen molar-refractivity contribution in [1.29, 1.82) is 0 Å². The maximum atomic E-state index is 12.4. The van der Waals surface area contributed by atoms with E-state index in [2.05, 4.69) is 9.88 Å². The number of hydrogen-bond donors (Lipinski definition) is 6. The first-order chi connectivity index (χ1) is 13.3. The van der Waals surface area contributed by atoms with E-state index in [1.54, 1.807) is 0 Å². The molecule has 6 N–H and O–H groups in total. The van der Waals surface area contributed by atoms with Crippen LogP contribution in [0.2, 0.25) is 0 Å². The Bertz CT molecular complexity index is 472. The lowest BCUT2D eigenvalue weighted by Crippen LogP contribution is -2.59. The highest BCUT2D eigenvalue weighted by molar-refractivity contribution is 7.33. The van der Waals surface area contributed by atoms with Crippen molar-refractivity contribution < 1.29 is 72.7 Å². The van der Waals surface area contributed by atoms with Crippen molar-refractivity contribution in [3.05, 3.63) is 0 Å². The zero-order valence-corrected chi connectivity index (χ0v) is 14.8. The summed E-state index contributed by atoms with van der Waals surface area (Å²) in [4.78, 5) is 6.84. The van der Waals surface area contributed by atoms with E-state index < -0.39 is 82.9 Å². The minimum absolute atomic E-state index is 0.852. The van der Waals surface area contributed by atoms with E-state index in [-0.39, 0.29) is 0 Å². The van der Waals surface area contributed by atoms with Crippen LogP contribution >= 0.6 is 8.25 Å². The lowest BCUT2D eigenvalue weighted by molar-refractivity contribution is -0.336. The van der Waals surface area contributed by atoms with Crippen LogP contribution in [0.25, 0.3) is 0 Å². The number of aliphatic hydroxyl groups is 6. The predicted octanol–water partition coefficient (Wildman–Crippen LogP) is -2.91. The monoisotopic (exact) mass is 441 g/mol. The Morgan fingerprint density at radius 2 is 1.11 bits per heavy atom. The lowest BCUT2D eigenvalue weighted by atomic mass is 9.99.